The van der Waals surface area contributed by atoms with Crippen molar-refractivity contribution in [1.82, 2.24) is 10.2 Å². The first kappa shape index (κ1) is 17.4. The van der Waals surface area contributed by atoms with Crippen molar-refractivity contribution in [2.24, 2.45) is 11.7 Å². The first-order valence-corrected chi connectivity index (χ1v) is 6.59. The SMILES string of the molecule is COCC(C)NC(=O)CN(C)CCC(N)C(C)C. The third-order valence-corrected chi connectivity index (χ3v) is 2.94. The normalized spacial score (nSPS) is 14.9. The van der Waals surface area contributed by atoms with Crippen LogP contribution in [0.2, 0.25) is 0 Å². The van der Waals surface area contributed by atoms with Crippen molar-refractivity contribution in [3.63, 3.8) is 0 Å². The molecule has 0 aliphatic rings. The van der Waals surface area contributed by atoms with Gasteiger partial charge in [-0.1, -0.05) is 13.8 Å². The number of amides is 1. The number of nitrogens with one attached hydrogen (secondary N) is 1. The van der Waals surface area contributed by atoms with Gasteiger partial charge in [0.15, 0.2) is 0 Å². The molecule has 5 nitrogen and oxygen atoms in total. The number of nitrogens with two attached hydrogens (primary N) is 1. The molecule has 0 radical (unpaired) electrons. The van der Waals surface area contributed by atoms with E-state index in [-0.39, 0.29) is 18.0 Å². The number of carbonyl (C=O) groups is 1. The molecule has 18 heavy (non-hydrogen) atoms. The van der Waals surface area contributed by atoms with Gasteiger partial charge in [0.05, 0.1) is 13.2 Å². The van der Waals surface area contributed by atoms with Gasteiger partial charge in [-0.05, 0) is 32.9 Å². The Hall–Kier alpha value is -0.650. The smallest absolute Gasteiger partial charge is 0.234 e. The average molecular weight is 259 g/mol. The Morgan fingerprint density at radius 2 is 2.00 bits per heavy atom. The lowest BCUT2D eigenvalue weighted by Crippen LogP contribution is -2.42. The molecule has 3 N–H and O–H groups in total. The number of methoxy groups -OCH3 is 1. The third kappa shape index (κ3) is 8.44. The predicted octanol–water partition coefficient (Wildman–Crippen LogP) is 0.443. The van der Waals surface area contributed by atoms with Crippen LogP contribution in [0.1, 0.15) is 27.2 Å². The zero-order valence-electron chi connectivity index (χ0n) is 12.4. The number of hydrogen-bond donors (Lipinski definition) is 2. The van der Waals surface area contributed by atoms with E-state index in [1.165, 1.54) is 0 Å². The van der Waals surface area contributed by atoms with E-state index in [1.807, 2.05) is 18.9 Å². The summed E-state index contributed by atoms with van der Waals surface area (Å²) in [6.07, 6.45) is 0.912. The van der Waals surface area contributed by atoms with E-state index < -0.39 is 0 Å². The molecule has 0 saturated carbocycles. The quantitative estimate of drug-likeness (QED) is 0.630. The highest BCUT2D eigenvalue weighted by atomic mass is 16.5. The topological polar surface area (TPSA) is 67.6 Å². The molecule has 0 aliphatic carbocycles. The van der Waals surface area contributed by atoms with Gasteiger partial charge in [-0.2, -0.15) is 0 Å². The summed E-state index contributed by atoms with van der Waals surface area (Å²) in [4.78, 5) is 13.7. The second kappa shape index (κ2) is 9.30. The predicted molar refractivity (Wildman–Crippen MR) is 74.4 cm³/mol. The van der Waals surface area contributed by atoms with Gasteiger partial charge in [0, 0.05) is 19.2 Å². The van der Waals surface area contributed by atoms with Crippen molar-refractivity contribution in [3.05, 3.63) is 0 Å². The molecule has 2 atom stereocenters. The van der Waals surface area contributed by atoms with E-state index in [1.54, 1.807) is 7.11 Å². The summed E-state index contributed by atoms with van der Waals surface area (Å²) in [6, 6.07) is 0.247. The molecule has 5 heteroatoms. The highest BCUT2D eigenvalue weighted by molar-refractivity contribution is 5.78. The molecule has 1 amide bonds. The first-order valence-electron chi connectivity index (χ1n) is 6.59. The van der Waals surface area contributed by atoms with Crippen LogP contribution in [0.3, 0.4) is 0 Å². The van der Waals surface area contributed by atoms with Crippen LogP contribution < -0.4 is 11.1 Å². The fraction of sp³-hybridized carbons (Fsp3) is 0.923. The van der Waals surface area contributed by atoms with Gasteiger partial charge in [-0.15, -0.1) is 0 Å². The van der Waals surface area contributed by atoms with E-state index in [2.05, 4.69) is 19.2 Å². The maximum absolute atomic E-state index is 11.7. The Kier molecular flexibility index (Phi) is 8.97. The van der Waals surface area contributed by atoms with E-state index in [0.29, 0.717) is 19.1 Å². The molecule has 0 fully saturated rings. The van der Waals surface area contributed by atoms with Gasteiger partial charge in [-0.3, -0.25) is 9.69 Å². The molecule has 0 spiro atoms. The molecule has 0 aliphatic heterocycles. The molecule has 0 bridgehead atoms. The molecule has 0 rings (SSSR count). The monoisotopic (exact) mass is 259 g/mol. The van der Waals surface area contributed by atoms with Gasteiger partial charge in [0.1, 0.15) is 0 Å². The summed E-state index contributed by atoms with van der Waals surface area (Å²) in [7, 11) is 3.57. The fourth-order valence-corrected chi connectivity index (χ4v) is 1.64. The van der Waals surface area contributed by atoms with Crippen molar-refractivity contribution in [2.45, 2.75) is 39.3 Å². The van der Waals surface area contributed by atoms with Crippen LogP contribution in [0, 0.1) is 5.92 Å². The lowest BCUT2D eigenvalue weighted by atomic mass is 10.0. The Morgan fingerprint density at radius 1 is 1.39 bits per heavy atom. The molecule has 0 heterocycles. The van der Waals surface area contributed by atoms with Crippen LogP contribution in [-0.4, -0.2) is 56.7 Å². The standard InChI is InChI=1S/C13H29N3O2/c1-10(2)12(14)6-7-16(4)8-13(17)15-11(3)9-18-5/h10-12H,6-9,14H2,1-5H3,(H,15,17). The summed E-state index contributed by atoms with van der Waals surface area (Å²) >= 11 is 0. The molecule has 0 aromatic heterocycles. The summed E-state index contributed by atoms with van der Waals surface area (Å²) in [6.45, 7) is 7.93. The zero-order valence-corrected chi connectivity index (χ0v) is 12.4. The average Bonchev–Trinajstić information content (AvgIpc) is 2.25. The molecule has 0 aromatic carbocycles. The molecule has 108 valence electrons. The molecular weight excluding hydrogens is 230 g/mol. The maximum atomic E-state index is 11.7. The van der Waals surface area contributed by atoms with Gasteiger partial charge < -0.3 is 15.8 Å². The van der Waals surface area contributed by atoms with Crippen molar-refractivity contribution in [2.75, 3.05) is 33.9 Å². The van der Waals surface area contributed by atoms with Crippen molar-refractivity contribution in [3.8, 4) is 0 Å². The van der Waals surface area contributed by atoms with E-state index in [4.69, 9.17) is 10.5 Å². The van der Waals surface area contributed by atoms with Gasteiger partial charge >= 0.3 is 0 Å². The van der Waals surface area contributed by atoms with Crippen LogP contribution >= 0.6 is 0 Å². The number of rotatable bonds is 9. The number of hydrogen-bond acceptors (Lipinski definition) is 4. The summed E-state index contributed by atoms with van der Waals surface area (Å²) in [5.74, 6) is 0.508. The van der Waals surface area contributed by atoms with E-state index >= 15 is 0 Å². The Labute approximate surface area is 111 Å². The first-order chi connectivity index (χ1) is 8.36. The van der Waals surface area contributed by atoms with E-state index in [9.17, 15) is 4.79 Å². The van der Waals surface area contributed by atoms with Crippen molar-refractivity contribution >= 4 is 5.91 Å². The van der Waals surface area contributed by atoms with Crippen molar-refractivity contribution in [1.29, 1.82) is 0 Å². The van der Waals surface area contributed by atoms with Gasteiger partial charge in [0.25, 0.3) is 0 Å². The lowest BCUT2D eigenvalue weighted by molar-refractivity contribution is -0.122. The second-order valence-corrected chi connectivity index (χ2v) is 5.36. The molecule has 0 saturated heterocycles. The minimum atomic E-state index is 0.0279. The van der Waals surface area contributed by atoms with E-state index in [0.717, 1.165) is 13.0 Å². The number of ether oxygens (including phenoxy) is 1. The number of carbonyl (C=O) groups excluding carboxylic acids is 1. The fourth-order valence-electron chi connectivity index (χ4n) is 1.64. The highest BCUT2D eigenvalue weighted by Crippen LogP contribution is 2.03. The van der Waals surface area contributed by atoms with Crippen LogP contribution in [0.15, 0.2) is 0 Å². The number of likely N-dealkylation sites (N-methyl/N-ethyl adjacent to an activating group) is 1. The van der Waals surface area contributed by atoms with Crippen molar-refractivity contribution < 1.29 is 9.53 Å². The van der Waals surface area contributed by atoms with Crippen LogP contribution in [-0.2, 0) is 9.53 Å². The van der Waals surface area contributed by atoms with Crippen LogP contribution in [0.25, 0.3) is 0 Å². The Bertz CT molecular complexity index is 234. The molecular formula is C13H29N3O2. The minimum Gasteiger partial charge on any atom is -0.383 e. The van der Waals surface area contributed by atoms with Gasteiger partial charge in [-0.25, -0.2) is 0 Å². The number of nitrogens with zero attached hydrogens (tertiary/aromatic N) is 1. The summed E-state index contributed by atoms with van der Waals surface area (Å²) in [5.41, 5.74) is 5.97. The Morgan fingerprint density at radius 3 is 2.50 bits per heavy atom. The second-order valence-electron chi connectivity index (χ2n) is 5.36. The zero-order chi connectivity index (χ0) is 14.1. The molecule has 0 aromatic rings. The molecule has 2 unspecified atom stereocenters. The third-order valence-electron chi connectivity index (χ3n) is 2.94. The maximum Gasteiger partial charge on any atom is 0.234 e. The van der Waals surface area contributed by atoms with Gasteiger partial charge in [0.2, 0.25) is 5.91 Å². The van der Waals surface area contributed by atoms with Crippen LogP contribution in [0.5, 0.6) is 0 Å². The summed E-state index contributed by atoms with van der Waals surface area (Å²) < 4.78 is 4.97. The Balaban J connectivity index is 3.80. The minimum absolute atomic E-state index is 0.0279. The summed E-state index contributed by atoms with van der Waals surface area (Å²) in [5, 5.41) is 2.89. The highest BCUT2D eigenvalue weighted by Gasteiger charge is 2.12. The lowest BCUT2D eigenvalue weighted by Gasteiger charge is -2.21. The largest absolute Gasteiger partial charge is 0.383 e. The van der Waals surface area contributed by atoms with Crippen LogP contribution in [0.4, 0.5) is 0 Å².